The summed E-state index contributed by atoms with van der Waals surface area (Å²) in [6, 6.07) is 10.1. The Hall–Kier alpha value is -3.23. The SMILES string of the molecule is CC(=O)c1cc(OCCOc2c(F)ccc(F)c2F)ccc1NC(=O)c1ccc(Cl)cc1Cl. The van der Waals surface area contributed by atoms with Crippen LogP contribution in [0.2, 0.25) is 10.0 Å². The maximum atomic E-state index is 13.6. The number of nitrogens with one attached hydrogen (secondary N) is 1. The van der Waals surface area contributed by atoms with Gasteiger partial charge in [0, 0.05) is 10.6 Å². The molecule has 0 fully saturated rings. The summed E-state index contributed by atoms with van der Waals surface area (Å²) in [5.41, 5.74) is 0.560. The van der Waals surface area contributed by atoms with E-state index in [4.69, 9.17) is 32.7 Å². The van der Waals surface area contributed by atoms with Crippen molar-refractivity contribution in [3.8, 4) is 11.5 Å². The first kappa shape index (κ1) is 24.4. The molecule has 0 aliphatic heterocycles. The van der Waals surface area contributed by atoms with Crippen LogP contribution in [-0.2, 0) is 0 Å². The monoisotopic (exact) mass is 497 g/mol. The Labute approximate surface area is 197 Å². The number of carbonyl (C=O) groups is 2. The van der Waals surface area contributed by atoms with Crippen LogP contribution >= 0.6 is 23.2 Å². The second kappa shape index (κ2) is 10.6. The average molecular weight is 498 g/mol. The van der Waals surface area contributed by atoms with Crippen LogP contribution in [0.5, 0.6) is 11.5 Å². The smallest absolute Gasteiger partial charge is 0.257 e. The number of amides is 1. The molecule has 10 heteroatoms. The van der Waals surface area contributed by atoms with E-state index in [1.54, 1.807) is 0 Å². The lowest BCUT2D eigenvalue weighted by molar-refractivity contribution is 0.101. The van der Waals surface area contributed by atoms with Crippen molar-refractivity contribution in [3.63, 3.8) is 0 Å². The molecule has 172 valence electrons. The maximum Gasteiger partial charge on any atom is 0.257 e. The van der Waals surface area contributed by atoms with Crippen molar-refractivity contribution in [1.29, 1.82) is 0 Å². The van der Waals surface area contributed by atoms with E-state index in [1.807, 2.05) is 0 Å². The minimum Gasteiger partial charge on any atom is -0.490 e. The van der Waals surface area contributed by atoms with Gasteiger partial charge in [0.25, 0.3) is 5.91 Å². The number of ketones is 1. The van der Waals surface area contributed by atoms with Crippen LogP contribution in [0, 0.1) is 17.5 Å². The molecule has 0 aromatic heterocycles. The lowest BCUT2D eigenvalue weighted by atomic mass is 10.1. The van der Waals surface area contributed by atoms with Crippen molar-refractivity contribution in [2.75, 3.05) is 18.5 Å². The second-order valence-electron chi connectivity index (χ2n) is 6.71. The van der Waals surface area contributed by atoms with Gasteiger partial charge in [0.2, 0.25) is 5.82 Å². The largest absolute Gasteiger partial charge is 0.490 e. The molecular formula is C23H16Cl2F3NO4. The number of Topliss-reactive ketones (excluding diaryl/α,β-unsaturated/α-hetero) is 1. The topological polar surface area (TPSA) is 64.6 Å². The zero-order chi connectivity index (χ0) is 24.1. The predicted octanol–water partition coefficient (Wildman–Crippen LogP) is 6.32. The molecule has 0 bridgehead atoms. The summed E-state index contributed by atoms with van der Waals surface area (Å²) in [4.78, 5) is 24.6. The molecule has 1 amide bonds. The van der Waals surface area contributed by atoms with E-state index in [0.717, 1.165) is 6.07 Å². The number of carbonyl (C=O) groups excluding carboxylic acids is 2. The molecule has 33 heavy (non-hydrogen) atoms. The normalized spacial score (nSPS) is 10.6. The summed E-state index contributed by atoms with van der Waals surface area (Å²) >= 11 is 11.9. The molecule has 1 N–H and O–H groups in total. The Morgan fingerprint density at radius 1 is 0.879 bits per heavy atom. The molecular weight excluding hydrogens is 482 g/mol. The van der Waals surface area contributed by atoms with Crippen LogP contribution in [-0.4, -0.2) is 24.9 Å². The van der Waals surface area contributed by atoms with Crippen LogP contribution in [0.1, 0.15) is 27.6 Å². The van der Waals surface area contributed by atoms with Crippen molar-refractivity contribution in [2.24, 2.45) is 0 Å². The van der Waals surface area contributed by atoms with E-state index in [1.165, 1.54) is 43.3 Å². The molecule has 0 atom stereocenters. The molecule has 0 aliphatic rings. The van der Waals surface area contributed by atoms with Crippen molar-refractivity contribution in [2.45, 2.75) is 6.92 Å². The fourth-order valence-corrected chi connectivity index (χ4v) is 3.32. The number of benzene rings is 3. The van der Waals surface area contributed by atoms with Crippen LogP contribution in [0.25, 0.3) is 0 Å². The lowest BCUT2D eigenvalue weighted by Gasteiger charge is -2.13. The second-order valence-corrected chi connectivity index (χ2v) is 7.55. The molecule has 3 aromatic rings. The van der Waals surface area contributed by atoms with Crippen molar-refractivity contribution in [1.82, 2.24) is 0 Å². The first-order valence-corrected chi connectivity index (χ1v) is 10.2. The van der Waals surface area contributed by atoms with Gasteiger partial charge in [0.1, 0.15) is 19.0 Å². The third kappa shape index (κ3) is 5.97. The zero-order valence-corrected chi connectivity index (χ0v) is 18.6. The van der Waals surface area contributed by atoms with E-state index in [-0.39, 0.29) is 46.6 Å². The molecule has 0 aliphatic carbocycles. The van der Waals surface area contributed by atoms with Gasteiger partial charge in [-0.1, -0.05) is 23.2 Å². The Morgan fingerprint density at radius 3 is 2.27 bits per heavy atom. The van der Waals surface area contributed by atoms with Crippen molar-refractivity contribution in [3.05, 3.63) is 87.2 Å². The molecule has 0 spiro atoms. The molecule has 5 nitrogen and oxygen atoms in total. The summed E-state index contributed by atoms with van der Waals surface area (Å²) in [5.74, 6) is -5.22. The maximum absolute atomic E-state index is 13.6. The zero-order valence-electron chi connectivity index (χ0n) is 17.1. The van der Waals surface area contributed by atoms with E-state index < -0.39 is 29.1 Å². The predicted molar refractivity (Wildman–Crippen MR) is 118 cm³/mol. The average Bonchev–Trinajstić information content (AvgIpc) is 2.76. The van der Waals surface area contributed by atoms with E-state index in [2.05, 4.69) is 5.32 Å². The minimum absolute atomic E-state index is 0.149. The van der Waals surface area contributed by atoms with Crippen LogP contribution in [0.3, 0.4) is 0 Å². The summed E-state index contributed by atoms with van der Waals surface area (Å²) in [5, 5.41) is 3.13. The first-order chi connectivity index (χ1) is 15.7. The number of hydrogen-bond donors (Lipinski definition) is 1. The van der Waals surface area contributed by atoms with Gasteiger partial charge in [-0.05, 0) is 55.5 Å². The Bertz CT molecular complexity index is 1220. The van der Waals surface area contributed by atoms with Crippen molar-refractivity contribution >= 4 is 40.6 Å². The summed E-state index contributed by atoms with van der Waals surface area (Å²) in [7, 11) is 0. The van der Waals surface area contributed by atoms with Crippen molar-refractivity contribution < 1.29 is 32.2 Å². The quantitative estimate of drug-likeness (QED) is 0.224. The standard InChI is InChI=1S/C23H16Cl2F3NO4/c1-12(30)16-11-14(32-8-9-33-22-19(27)6-5-18(26)21(22)28)3-7-20(16)29-23(31)15-4-2-13(24)10-17(15)25/h2-7,10-11H,8-9H2,1H3,(H,29,31). The van der Waals surface area contributed by atoms with Gasteiger partial charge in [-0.3, -0.25) is 9.59 Å². The highest BCUT2D eigenvalue weighted by atomic mass is 35.5. The Balaban J connectivity index is 1.67. The van der Waals surface area contributed by atoms with Crippen LogP contribution in [0.4, 0.5) is 18.9 Å². The van der Waals surface area contributed by atoms with Gasteiger partial charge in [0.15, 0.2) is 23.2 Å². The summed E-state index contributed by atoms with van der Waals surface area (Å²) in [6.45, 7) is 0.863. The molecule has 0 saturated heterocycles. The first-order valence-electron chi connectivity index (χ1n) is 9.48. The Morgan fingerprint density at radius 2 is 1.58 bits per heavy atom. The number of rotatable bonds is 8. The molecule has 3 aromatic carbocycles. The lowest BCUT2D eigenvalue weighted by Crippen LogP contribution is -2.15. The highest BCUT2D eigenvalue weighted by molar-refractivity contribution is 6.37. The number of anilines is 1. The number of hydrogen-bond acceptors (Lipinski definition) is 4. The molecule has 0 unspecified atom stereocenters. The van der Waals surface area contributed by atoms with Gasteiger partial charge in [-0.2, -0.15) is 4.39 Å². The number of ether oxygens (including phenoxy) is 2. The van der Waals surface area contributed by atoms with E-state index in [9.17, 15) is 22.8 Å². The minimum atomic E-state index is -1.44. The number of halogens is 5. The summed E-state index contributed by atoms with van der Waals surface area (Å²) in [6.07, 6.45) is 0. The highest BCUT2D eigenvalue weighted by Crippen LogP contribution is 2.27. The molecule has 0 heterocycles. The van der Waals surface area contributed by atoms with E-state index >= 15 is 0 Å². The fraction of sp³-hybridized carbons (Fsp3) is 0.130. The third-order valence-corrected chi connectivity index (χ3v) is 4.94. The highest BCUT2D eigenvalue weighted by Gasteiger charge is 2.17. The molecule has 0 saturated carbocycles. The van der Waals surface area contributed by atoms with E-state index in [0.29, 0.717) is 11.1 Å². The third-order valence-electron chi connectivity index (χ3n) is 4.39. The fourth-order valence-electron chi connectivity index (χ4n) is 2.82. The van der Waals surface area contributed by atoms with Gasteiger partial charge in [0.05, 0.1) is 16.3 Å². The molecule has 3 rings (SSSR count). The molecule has 0 radical (unpaired) electrons. The van der Waals surface area contributed by atoms with Gasteiger partial charge < -0.3 is 14.8 Å². The van der Waals surface area contributed by atoms with Gasteiger partial charge >= 0.3 is 0 Å². The van der Waals surface area contributed by atoms with Gasteiger partial charge in [-0.25, -0.2) is 8.78 Å². The van der Waals surface area contributed by atoms with Crippen LogP contribution < -0.4 is 14.8 Å². The Kier molecular flexibility index (Phi) is 7.84. The summed E-state index contributed by atoms with van der Waals surface area (Å²) < 4.78 is 50.8. The van der Waals surface area contributed by atoms with Crippen LogP contribution in [0.15, 0.2) is 48.5 Å². The van der Waals surface area contributed by atoms with Gasteiger partial charge in [-0.15, -0.1) is 0 Å².